The predicted octanol–water partition coefficient (Wildman–Crippen LogP) is 1.34. The summed E-state index contributed by atoms with van der Waals surface area (Å²) in [6, 6.07) is 18.0. The first-order valence-corrected chi connectivity index (χ1v) is 11.6. The molecule has 2 aliphatic rings. The molecule has 0 saturated heterocycles. The summed E-state index contributed by atoms with van der Waals surface area (Å²) in [7, 11) is 0. The molecule has 1 heterocycles. The smallest absolute Gasteiger partial charge is 0.545 e. The fourth-order valence-corrected chi connectivity index (χ4v) is 4.87. The maximum atomic E-state index is 13.4. The number of rotatable bonds is 6. The van der Waals surface area contributed by atoms with E-state index in [0.29, 0.717) is 22.2 Å². The van der Waals surface area contributed by atoms with E-state index in [1.54, 1.807) is 18.2 Å². The number of halogens is 2. The second kappa shape index (κ2) is 10.3. The van der Waals surface area contributed by atoms with E-state index in [4.69, 9.17) is 23.2 Å². The molecule has 3 aromatic rings. The number of para-hydroxylation sites is 1. The zero-order valence-electron chi connectivity index (χ0n) is 18.7. The Bertz CT molecular complexity index is 1260. The van der Waals surface area contributed by atoms with Gasteiger partial charge >= 0.3 is 51.4 Å². The summed E-state index contributed by atoms with van der Waals surface area (Å²) in [5.74, 6) is -1.34. The van der Waals surface area contributed by atoms with Crippen LogP contribution in [0.1, 0.15) is 50.2 Å². The van der Waals surface area contributed by atoms with Gasteiger partial charge in [0.05, 0.1) is 32.8 Å². The van der Waals surface area contributed by atoms with Gasteiger partial charge in [0.15, 0.2) is 0 Å². The number of amides is 1. The monoisotopic (exact) mass is 518 g/mol. The van der Waals surface area contributed by atoms with Gasteiger partial charge in [0.25, 0.3) is 5.91 Å². The Hall–Kier alpha value is -1.38. The molecular formula is C26H21Cl2KN2O3. The minimum Gasteiger partial charge on any atom is -0.545 e. The molecule has 0 unspecified atom stereocenters. The van der Waals surface area contributed by atoms with E-state index in [2.05, 4.69) is 16.3 Å². The summed E-state index contributed by atoms with van der Waals surface area (Å²) < 4.78 is 0. The first-order valence-electron chi connectivity index (χ1n) is 10.8. The van der Waals surface area contributed by atoms with E-state index in [1.165, 1.54) is 12.1 Å². The van der Waals surface area contributed by atoms with Gasteiger partial charge in [0.1, 0.15) is 0 Å². The summed E-state index contributed by atoms with van der Waals surface area (Å²) in [6.45, 7) is 1.44. The number of carboxylic acids is 1. The van der Waals surface area contributed by atoms with Gasteiger partial charge in [-0.1, -0.05) is 65.7 Å². The number of carbonyl (C=O) groups excluding carboxylic acids is 2. The standard InChI is InChI=1S/C26H22Cl2N2O3.K/c27-21-9-4-16(14-22(21)28)15-30-13-10-17-2-1-3-20(23(17)30)24(31)29-26(11-12-26)19-7-5-18(6-8-19)25(32)33;/h1-9,14H,10-13,15H2,(H,29,31)(H,32,33);/q;+1/p-1. The second-order valence-corrected chi connectivity index (χ2v) is 9.45. The van der Waals surface area contributed by atoms with Gasteiger partial charge in [-0.05, 0) is 59.7 Å². The number of hydrogen-bond acceptors (Lipinski definition) is 4. The first kappa shape index (κ1) is 25.7. The molecule has 1 amide bonds. The molecule has 5 rings (SSSR count). The fraction of sp³-hybridized carbons (Fsp3) is 0.231. The summed E-state index contributed by atoms with van der Waals surface area (Å²) in [5.41, 5.74) is 4.33. The molecule has 1 fully saturated rings. The Morgan fingerprint density at radius 1 is 1.00 bits per heavy atom. The zero-order valence-corrected chi connectivity index (χ0v) is 23.4. The molecule has 3 aromatic carbocycles. The Kier molecular flexibility index (Phi) is 7.79. The van der Waals surface area contributed by atoms with Crippen molar-refractivity contribution in [3.63, 3.8) is 0 Å². The van der Waals surface area contributed by atoms with Crippen LogP contribution < -0.4 is 66.7 Å². The number of benzene rings is 3. The summed E-state index contributed by atoms with van der Waals surface area (Å²) in [6.07, 6.45) is 2.49. The van der Waals surface area contributed by atoms with E-state index in [9.17, 15) is 14.7 Å². The van der Waals surface area contributed by atoms with Gasteiger partial charge < -0.3 is 20.1 Å². The van der Waals surface area contributed by atoms with Gasteiger partial charge in [0.2, 0.25) is 0 Å². The van der Waals surface area contributed by atoms with Crippen LogP contribution in [-0.4, -0.2) is 18.4 Å². The Labute approximate surface area is 250 Å². The molecule has 5 nitrogen and oxygen atoms in total. The van der Waals surface area contributed by atoms with E-state index < -0.39 is 11.5 Å². The molecule has 8 heteroatoms. The third kappa shape index (κ3) is 5.09. The Morgan fingerprint density at radius 3 is 2.38 bits per heavy atom. The van der Waals surface area contributed by atoms with Crippen molar-refractivity contribution < 1.29 is 66.1 Å². The number of fused-ring (bicyclic) bond motifs is 1. The quantitative estimate of drug-likeness (QED) is 0.500. The zero-order chi connectivity index (χ0) is 23.2. The average molecular weight is 519 g/mol. The van der Waals surface area contributed by atoms with Crippen LogP contribution in [0.15, 0.2) is 60.7 Å². The maximum absolute atomic E-state index is 13.4. The summed E-state index contributed by atoms with van der Waals surface area (Å²) in [4.78, 5) is 26.7. The van der Waals surface area contributed by atoms with Crippen LogP contribution in [-0.2, 0) is 18.5 Å². The van der Waals surface area contributed by atoms with Crippen LogP contribution in [0.3, 0.4) is 0 Å². The van der Waals surface area contributed by atoms with Crippen molar-refractivity contribution in [1.29, 1.82) is 0 Å². The average Bonchev–Trinajstić information content (AvgIpc) is 3.48. The largest absolute Gasteiger partial charge is 1.00 e. The van der Waals surface area contributed by atoms with Gasteiger partial charge in [-0.3, -0.25) is 4.79 Å². The normalized spacial score (nSPS) is 15.3. The molecule has 0 spiro atoms. The number of aromatic carboxylic acids is 1. The van der Waals surface area contributed by atoms with Crippen molar-refractivity contribution in [2.75, 3.05) is 11.4 Å². The van der Waals surface area contributed by atoms with Gasteiger partial charge in [-0.2, -0.15) is 0 Å². The van der Waals surface area contributed by atoms with Crippen LogP contribution in [0.2, 0.25) is 10.0 Å². The van der Waals surface area contributed by atoms with Gasteiger partial charge in [0, 0.05) is 13.1 Å². The van der Waals surface area contributed by atoms with E-state index >= 15 is 0 Å². The summed E-state index contributed by atoms with van der Waals surface area (Å²) >= 11 is 12.3. The van der Waals surface area contributed by atoms with Crippen molar-refractivity contribution in [2.45, 2.75) is 31.3 Å². The molecule has 34 heavy (non-hydrogen) atoms. The molecule has 0 radical (unpaired) electrons. The van der Waals surface area contributed by atoms with Crippen LogP contribution in [0.4, 0.5) is 5.69 Å². The number of anilines is 1. The van der Waals surface area contributed by atoms with Crippen LogP contribution in [0, 0.1) is 0 Å². The third-order valence-corrected chi connectivity index (χ3v) is 7.20. The molecule has 1 aliphatic heterocycles. The van der Waals surface area contributed by atoms with Crippen molar-refractivity contribution in [1.82, 2.24) is 5.32 Å². The van der Waals surface area contributed by atoms with E-state index in [-0.39, 0.29) is 62.9 Å². The topological polar surface area (TPSA) is 72.5 Å². The molecule has 1 aliphatic carbocycles. The second-order valence-electron chi connectivity index (χ2n) is 8.63. The summed E-state index contributed by atoms with van der Waals surface area (Å²) in [5, 5.41) is 15.3. The Balaban J connectivity index is 0.00000274. The third-order valence-electron chi connectivity index (χ3n) is 6.46. The number of nitrogens with one attached hydrogen (secondary N) is 1. The van der Waals surface area contributed by atoms with Crippen LogP contribution in [0.25, 0.3) is 0 Å². The van der Waals surface area contributed by atoms with Crippen LogP contribution >= 0.6 is 23.2 Å². The minimum atomic E-state index is -1.21. The number of carbonyl (C=O) groups is 2. The van der Waals surface area contributed by atoms with Crippen molar-refractivity contribution in [3.8, 4) is 0 Å². The van der Waals surface area contributed by atoms with Crippen molar-refractivity contribution in [3.05, 3.63) is 98.5 Å². The molecule has 1 N–H and O–H groups in total. The fourth-order valence-electron chi connectivity index (χ4n) is 4.55. The molecule has 0 bridgehead atoms. The number of carboxylic acid groups (broad SMARTS) is 1. The first-order chi connectivity index (χ1) is 15.9. The number of nitrogens with zero attached hydrogens (tertiary/aromatic N) is 1. The molecule has 0 aromatic heterocycles. The van der Waals surface area contributed by atoms with Crippen molar-refractivity contribution >= 4 is 40.8 Å². The molecule has 168 valence electrons. The minimum absolute atomic E-state index is 0. The molecular weight excluding hydrogens is 498 g/mol. The van der Waals surface area contributed by atoms with Gasteiger partial charge in [-0.25, -0.2) is 0 Å². The predicted molar refractivity (Wildman–Crippen MR) is 127 cm³/mol. The number of hydrogen-bond donors (Lipinski definition) is 1. The van der Waals surface area contributed by atoms with E-state index in [1.807, 2.05) is 24.3 Å². The maximum Gasteiger partial charge on any atom is 1.00 e. The SMILES string of the molecule is O=C([O-])c1ccc(C2(NC(=O)c3cccc4c3N(Cc3ccc(Cl)c(Cl)c3)CC4)CC2)cc1.[K+]. The van der Waals surface area contributed by atoms with Gasteiger partial charge in [-0.15, -0.1) is 0 Å². The Morgan fingerprint density at radius 2 is 1.74 bits per heavy atom. The molecule has 1 saturated carbocycles. The van der Waals surface area contributed by atoms with E-state index in [0.717, 1.165) is 48.2 Å². The molecule has 0 atom stereocenters. The van der Waals surface area contributed by atoms with Crippen LogP contribution in [0.5, 0.6) is 0 Å². The van der Waals surface area contributed by atoms with Crippen molar-refractivity contribution in [2.24, 2.45) is 0 Å².